The molecule has 3 N–H and O–H groups in total. The van der Waals surface area contributed by atoms with Crippen LogP contribution in [-0.2, 0) is 4.79 Å². The van der Waals surface area contributed by atoms with Gasteiger partial charge in [-0.1, -0.05) is 0 Å². The summed E-state index contributed by atoms with van der Waals surface area (Å²) in [4.78, 5) is 13.0. The van der Waals surface area contributed by atoms with Crippen LogP contribution >= 0.6 is 0 Å². The first kappa shape index (κ1) is 12.5. The summed E-state index contributed by atoms with van der Waals surface area (Å²) in [6.07, 6.45) is 2.94. The van der Waals surface area contributed by atoms with Gasteiger partial charge in [0.25, 0.3) is 0 Å². The number of primary amides is 1. The van der Waals surface area contributed by atoms with Gasteiger partial charge in [0.15, 0.2) is 0 Å². The number of rotatable bonds is 5. The monoisotopic (exact) mass is 213 g/mol. The lowest BCUT2D eigenvalue weighted by Gasteiger charge is -2.34. The minimum absolute atomic E-state index is 0.194. The summed E-state index contributed by atoms with van der Waals surface area (Å²) in [6, 6.07) is 0.600. The van der Waals surface area contributed by atoms with Gasteiger partial charge in [-0.25, -0.2) is 0 Å². The summed E-state index contributed by atoms with van der Waals surface area (Å²) >= 11 is 0. The maximum atomic E-state index is 10.6. The van der Waals surface area contributed by atoms with Gasteiger partial charge in [-0.3, -0.25) is 4.79 Å². The minimum Gasteiger partial charge on any atom is -0.370 e. The Morgan fingerprint density at radius 2 is 2.13 bits per heavy atom. The lowest BCUT2D eigenvalue weighted by Crippen LogP contribution is -2.41. The van der Waals surface area contributed by atoms with E-state index in [1.54, 1.807) is 0 Å². The smallest absolute Gasteiger partial charge is 0.218 e. The molecule has 0 saturated carbocycles. The number of nitrogens with zero attached hydrogens (tertiary/aromatic N) is 1. The molecule has 1 rings (SSSR count). The summed E-state index contributed by atoms with van der Waals surface area (Å²) in [5, 5.41) is 3.31. The van der Waals surface area contributed by atoms with Crippen LogP contribution in [0.1, 0.15) is 26.2 Å². The van der Waals surface area contributed by atoms with Gasteiger partial charge in [0.05, 0.1) is 0 Å². The highest BCUT2D eigenvalue weighted by molar-refractivity contribution is 5.73. The highest BCUT2D eigenvalue weighted by atomic mass is 16.1. The van der Waals surface area contributed by atoms with Crippen LogP contribution in [0.25, 0.3) is 0 Å². The molecule has 1 heterocycles. The number of piperidine rings is 1. The fourth-order valence-corrected chi connectivity index (χ4v) is 2.18. The third-order valence-corrected chi connectivity index (χ3v) is 3.47. The Morgan fingerprint density at radius 1 is 1.53 bits per heavy atom. The van der Waals surface area contributed by atoms with E-state index in [-0.39, 0.29) is 5.91 Å². The van der Waals surface area contributed by atoms with Gasteiger partial charge in [-0.2, -0.15) is 0 Å². The number of nitrogens with one attached hydrogen (secondary N) is 1. The number of hydrogen-bond acceptors (Lipinski definition) is 3. The molecule has 4 nitrogen and oxygen atoms in total. The minimum atomic E-state index is -0.194. The number of amides is 1. The quantitative estimate of drug-likeness (QED) is 0.685. The maximum Gasteiger partial charge on any atom is 0.218 e. The van der Waals surface area contributed by atoms with E-state index >= 15 is 0 Å². The molecule has 0 aromatic rings. The van der Waals surface area contributed by atoms with Gasteiger partial charge in [0.2, 0.25) is 5.91 Å². The van der Waals surface area contributed by atoms with E-state index < -0.39 is 0 Å². The summed E-state index contributed by atoms with van der Waals surface area (Å²) in [5.74, 6) is 0.584. The van der Waals surface area contributed by atoms with Gasteiger partial charge < -0.3 is 16.0 Å². The van der Waals surface area contributed by atoms with E-state index in [1.807, 2.05) is 7.05 Å². The Hall–Kier alpha value is -0.610. The molecule has 1 saturated heterocycles. The molecule has 0 spiro atoms. The van der Waals surface area contributed by atoms with Crippen molar-refractivity contribution >= 4 is 5.91 Å². The zero-order chi connectivity index (χ0) is 11.3. The largest absolute Gasteiger partial charge is 0.370 e. The molecule has 1 fully saturated rings. The molecule has 4 heteroatoms. The molecule has 1 aliphatic rings. The van der Waals surface area contributed by atoms with E-state index in [0.29, 0.717) is 12.5 Å². The molecule has 1 aliphatic heterocycles. The third kappa shape index (κ3) is 4.18. The Bertz CT molecular complexity index is 200. The highest BCUT2D eigenvalue weighted by Gasteiger charge is 2.22. The van der Waals surface area contributed by atoms with Crippen LogP contribution < -0.4 is 11.1 Å². The van der Waals surface area contributed by atoms with E-state index in [2.05, 4.69) is 17.1 Å². The average Bonchev–Trinajstić information content (AvgIpc) is 2.26. The van der Waals surface area contributed by atoms with E-state index in [0.717, 1.165) is 25.6 Å². The van der Waals surface area contributed by atoms with Crippen LogP contribution in [0, 0.1) is 5.92 Å². The molecular formula is C11H23N3O. The van der Waals surface area contributed by atoms with Crippen molar-refractivity contribution < 1.29 is 4.79 Å². The zero-order valence-corrected chi connectivity index (χ0v) is 9.83. The van der Waals surface area contributed by atoms with Crippen LogP contribution in [0.5, 0.6) is 0 Å². The number of nitrogens with two attached hydrogens (primary N) is 1. The molecule has 0 bridgehead atoms. The number of carbonyl (C=O) groups excluding carboxylic acids is 1. The van der Waals surface area contributed by atoms with Crippen molar-refractivity contribution in [2.24, 2.45) is 11.7 Å². The average molecular weight is 213 g/mol. The lowest BCUT2D eigenvalue weighted by atomic mass is 9.90. The number of hydrogen-bond donors (Lipinski definition) is 2. The molecule has 1 amide bonds. The first-order valence-electron chi connectivity index (χ1n) is 5.81. The summed E-state index contributed by atoms with van der Waals surface area (Å²) in [7, 11) is 2.02. The van der Waals surface area contributed by atoms with Crippen LogP contribution in [0.2, 0.25) is 0 Å². The van der Waals surface area contributed by atoms with Crippen molar-refractivity contribution in [3.05, 3.63) is 0 Å². The van der Waals surface area contributed by atoms with Gasteiger partial charge >= 0.3 is 0 Å². The SMILES string of the molecule is CNC(C)C1CCN(CCC(N)=O)CC1. The van der Waals surface area contributed by atoms with Crippen molar-refractivity contribution in [3.8, 4) is 0 Å². The predicted molar refractivity (Wildman–Crippen MR) is 61.5 cm³/mol. The number of likely N-dealkylation sites (tertiary alicyclic amines) is 1. The van der Waals surface area contributed by atoms with Crippen LogP contribution in [0.15, 0.2) is 0 Å². The van der Waals surface area contributed by atoms with Crippen LogP contribution in [0.3, 0.4) is 0 Å². The van der Waals surface area contributed by atoms with Crippen molar-refractivity contribution in [1.82, 2.24) is 10.2 Å². The molecule has 0 aromatic carbocycles. The van der Waals surface area contributed by atoms with Crippen molar-refractivity contribution in [2.75, 3.05) is 26.7 Å². The standard InChI is InChI=1S/C11H23N3O/c1-9(13-2)10-3-6-14(7-4-10)8-5-11(12)15/h9-10,13H,3-8H2,1-2H3,(H2,12,15). The third-order valence-electron chi connectivity index (χ3n) is 3.47. The molecule has 1 unspecified atom stereocenters. The molecule has 0 aliphatic carbocycles. The topological polar surface area (TPSA) is 58.4 Å². The normalized spacial score (nSPS) is 21.5. The molecule has 88 valence electrons. The maximum absolute atomic E-state index is 10.6. The second kappa shape index (κ2) is 6.08. The number of carbonyl (C=O) groups is 1. The molecule has 0 radical (unpaired) electrons. The Morgan fingerprint density at radius 3 is 2.60 bits per heavy atom. The van der Waals surface area contributed by atoms with Crippen molar-refractivity contribution in [3.63, 3.8) is 0 Å². The van der Waals surface area contributed by atoms with Crippen molar-refractivity contribution in [2.45, 2.75) is 32.2 Å². The molecule has 15 heavy (non-hydrogen) atoms. The second-order valence-corrected chi connectivity index (χ2v) is 4.47. The van der Waals surface area contributed by atoms with Crippen LogP contribution in [0.4, 0.5) is 0 Å². The van der Waals surface area contributed by atoms with Gasteiger partial charge in [0, 0.05) is 19.0 Å². The summed E-state index contributed by atoms with van der Waals surface area (Å²) < 4.78 is 0. The van der Waals surface area contributed by atoms with E-state index in [4.69, 9.17) is 5.73 Å². The predicted octanol–water partition coefficient (Wildman–Crippen LogP) is 0.182. The Labute approximate surface area is 92.2 Å². The lowest BCUT2D eigenvalue weighted by molar-refractivity contribution is -0.118. The fraction of sp³-hybridized carbons (Fsp3) is 0.909. The fourth-order valence-electron chi connectivity index (χ4n) is 2.18. The second-order valence-electron chi connectivity index (χ2n) is 4.47. The molecular weight excluding hydrogens is 190 g/mol. The van der Waals surface area contributed by atoms with E-state index in [1.165, 1.54) is 12.8 Å². The first-order valence-corrected chi connectivity index (χ1v) is 5.81. The first-order chi connectivity index (χ1) is 7.13. The van der Waals surface area contributed by atoms with Gasteiger partial charge in [0.1, 0.15) is 0 Å². The zero-order valence-electron chi connectivity index (χ0n) is 9.83. The highest BCUT2D eigenvalue weighted by Crippen LogP contribution is 2.20. The molecule has 1 atom stereocenters. The van der Waals surface area contributed by atoms with Crippen molar-refractivity contribution in [1.29, 1.82) is 0 Å². The van der Waals surface area contributed by atoms with Gasteiger partial charge in [-0.15, -0.1) is 0 Å². The van der Waals surface area contributed by atoms with E-state index in [9.17, 15) is 4.79 Å². The Balaban J connectivity index is 2.20. The van der Waals surface area contributed by atoms with Gasteiger partial charge in [-0.05, 0) is 45.8 Å². The Kier molecular flexibility index (Phi) is 5.05. The summed E-state index contributed by atoms with van der Waals surface area (Å²) in [5.41, 5.74) is 5.13. The van der Waals surface area contributed by atoms with Crippen LogP contribution in [-0.4, -0.2) is 43.5 Å². The summed E-state index contributed by atoms with van der Waals surface area (Å²) in [6.45, 7) is 5.27. The molecule has 0 aromatic heterocycles.